The zero-order chi connectivity index (χ0) is 28.6. The van der Waals surface area contributed by atoms with Crippen LogP contribution in [-0.4, -0.2) is 58.2 Å². The lowest BCUT2D eigenvalue weighted by Crippen LogP contribution is -2.59. The number of aliphatic carboxylic acids is 1. The number of carbonyl (C=O) groups excluding carboxylic acids is 3. The number of nitrogens with one attached hydrogen (secondary N) is 1. The molecular formula is C28H51N3O5. The molecule has 8 heteroatoms. The maximum atomic E-state index is 13.8. The van der Waals surface area contributed by atoms with Crippen molar-refractivity contribution in [3.63, 3.8) is 0 Å². The van der Waals surface area contributed by atoms with Crippen molar-refractivity contribution in [3.8, 4) is 0 Å². The van der Waals surface area contributed by atoms with E-state index in [0.29, 0.717) is 25.7 Å². The summed E-state index contributed by atoms with van der Waals surface area (Å²) >= 11 is 0. The average molecular weight is 510 g/mol. The fourth-order valence-corrected chi connectivity index (χ4v) is 4.39. The van der Waals surface area contributed by atoms with Crippen molar-refractivity contribution in [1.29, 1.82) is 0 Å². The second-order valence-corrected chi connectivity index (χ2v) is 11.6. The van der Waals surface area contributed by atoms with E-state index in [1.54, 1.807) is 13.1 Å². The van der Waals surface area contributed by atoms with Crippen LogP contribution in [0, 0.1) is 16.7 Å². The molecule has 0 bridgehead atoms. The number of nitrogens with zero attached hydrogens (tertiary/aromatic N) is 1. The van der Waals surface area contributed by atoms with Crippen LogP contribution >= 0.6 is 0 Å². The van der Waals surface area contributed by atoms with Crippen molar-refractivity contribution in [1.82, 2.24) is 10.2 Å². The highest BCUT2D eigenvalue weighted by atomic mass is 16.4. The number of carboxylic acids is 1. The van der Waals surface area contributed by atoms with E-state index in [2.05, 4.69) is 5.32 Å². The van der Waals surface area contributed by atoms with Gasteiger partial charge in [-0.15, -0.1) is 0 Å². The van der Waals surface area contributed by atoms with Gasteiger partial charge in [-0.2, -0.15) is 0 Å². The van der Waals surface area contributed by atoms with Gasteiger partial charge in [-0.05, 0) is 43.9 Å². The standard InChI is InChI=1S/C28H51N3O5/c1-12-27(13-2,17-21(32)28(29,14-3)15-4)25(36)30-22(26(8,9)10)23(33)31(11)20(18(5)6)16-19(7)24(34)35/h16,18,20,22H,12-15,17,29H2,1-11H3,(H,30,36)(H,34,35)/b19-16+/t20-,22-/m1/s1. The Hall–Kier alpha value is -2.22. The molecule has 0 radical (unpaired) electrons. The Bertz CT molecular complexity index is 818. The second-order valence-electron chi connectivity index (χ2n) is 11.6. The van der Waals surface area contributed by atoms with Crippen LogP contribution in [0.4, 0.5) is 0 Å². The fraction of sp³-hybridized carbons (Fsp3) is 0.786. The van der Waals surface area contributed by atoms with Gasteiger partial charge in [0.1, 0.15) is 6.04 Å². The summed E-state index contributed by atoms with van der Waals surface area (Å²) in [6.45, 7) is 18.4. The number of carbonyl (C=O) groups is 4. The van der Waals surface area contributed by atoms with Crippen LogP contribution in [0.15, 0.2) is 11.6 Å². The number of carboxylic acid groups (broad SMARTS) is 1. The molecular weight excluding hydrogens is 458 g/mol. The number of hydrogen-bond acceptors (Lipinski definition) is 5. The SMILES string of the molecule is CCC(N)(CC)C(=O)CC(CC)(CC)C(=O)N[C@H](C(=O)N(C)[C@H](/C=C(\C)C(=O)O)C(C)C)C(C)(C)C. The molecule has 0 heterocycles. The van der Waals surface area contributed by atoms with Crippen LogP contribution in [0.5, 0.6) is 0 Å². The molecule has 0 rings (SSSR count). The Morgan fingerprint density at radius 1 is 0.972 bits per heavy atom. The van der Waals surface area contributed by atoms with Crippen LogP contribution in [-0.2, 0) is 19.2 Å². The smallest absolute Gasteiger partial charge is 0.331 e. The second kappa shape index (κ2) is 13.4. The minimum absolute atomic E-state index is 0.0140. The molecule has 0 aromatic heterocycles. The fourth-order valence-electron chi connectivity index (χ4n) is 4.39. The summed E-state index contributed by atoms with van der Waals surface area (Å²) in [6.07, 6.45) is 3.42. The normalized spacial score (nSPS) is 14.9. The minimum atomic E-state index is -1.04. The lowest BCUT2D eigenvalue weighted by Gasteiger charge is -2.40. The Labute approximate surface area is 218 Å². The third kappa shape index (κ3) is 8.15. The maximum absolute atomic E-state index is 13.8. The summed E-state index contributed by atoms with van der Waals surface area (Å²) in [6, 6.07) is -1.34. The van der Waals surface area contributed by atoms with E-state index in [4.69, 9.17) is 5.73 Å². The lowest BCUT2D eigenvalue weighted by molar-refractivity contribution is -0.145. The summed E-state index contributed by atoms with van der Waals surface area (Å²) in [5.74, 6) is -1.88. The Morgan fingerprint density at radius 2 is 1.44 bits per heavy atom. The van der Waals surface area contributed by atoms with Crippen molar-refractivity contribution in [2.24, 2.45) is 22.5 Å². The van der Waals surface area contributed by atoms with Crippen molar-refractivity contribution >= 4 is 23.6 Å². The molecule has 0 saturated heterocycles. The van der Waals surface area contributed by atoms with Gasteiger partial charge in [0.25, 0.3) is 0 Å². The first-order valence-electron chi connectivity index (χ1n) is 13.2. The highest BCUT2D eigenvalue weighted by Crippen LogP contribution is 2.35. The monoisotopic (exact) mass is 509 g/mol. The molecule has 0 aromatic rings. The molecule has 0 saturated carbocycles. The molecule has 0 fully saturated rings. The van der Waals surface area contributed by atoms with Gasteiger partial charge < -0.3 is 21.1 Å². The van der Waals surface area contributed by atoms with E-state index in [-0.39, 0.29) is 35.5 Å². The van der Waals surface area contributed by atoms with Crippen molar-refractivity contribution < 1.29 is 24.3 Å². The largest absolute Gasteiger partial charge is 0.478 e. The lowest BCUT2D eigenvalue weighted by atomic mass is 9.72. The van der Waals surface area contributed by atoms with E-state index in [9.17, 15) is 24.3 Å². The highest BCUT2D eigenvalue weighted by molar-refractivity contribution is 5.96. The van der Waals surface area contributed by atoms with Crippen molar-refractivity contribution in [2.75, 3.05) is 7.05 Å². The molecule has 2 amide bonds. The maximum Gasteiger partial charge on any atom is 0.331 e. The number of hydrogen-bond donors (Lipinski definition) is 3. The third-order valence-corrected chi connectivity index (χ3v) is 7.78. The molecule has 8 nitrogen and oxygen atoms in total. The van der Waals surface area contributed by atoms with Gasteiger partial charge >= 0.3 is 5.97 Å². The van der Waals surface area contributed by atoms with Gasteiger partial charge in [0.15, 0.2) is 5.78 Å². The summed E-state index contributed by atoms with van der Waals surface area (Å²) in [5, 5.41) is 12.3. The molecule has 0 aromatic carbocycles. The number of amides is 2. The van der Waals surface area contributed by atoms with Crippen molar-refractivity contribution in [3.05, 3.63) is 11.6 Å². The van der Waals surface area contributed by atoms with E-state index in [0.717, 1.165) is 0 Å². The van der Waals surface area contributed by atoms with Gasteiger partial charge in [-0.3, -0.25) is 14.4 Å². The average Bonchev–Trinajstić information content (AvgIpc) is 2.81. The van der Waals surface area contributed by atoms with E-state index in [1.807, 2.05) is 62.3 Å². The molecule has 0 unspecified atom stereocenters. The van der Waals surface area contributed by atoms with Crippen LogP contribution in [0.3, 0.4) is 0 Å². The Morgan fingerprint density at radius 3 is 1.78 bits per heavy atom. The summed E-state index contributed by atoms with van der Waals surface area (Å²) in [4.78, 5) is 53.6. The van der Waals surface area contributed by atoms with Gasteiger partial charge in [0.05, 0.1) is 17.0 Å². The van der Waals surface area contributed by atoms with Crippen LogP contribution < -0.4 is 11.1 Å². The van der Waals surface area contributed by atoms with Gasteiger partial charge in [-0.1, -0.05) is 68.4 Å². The Kier molecular flexibility index (Phi) is 12.5. The molecule has 0 aliphatic rings. The number of rotatable bonds is 14. The predicted molar refractivity (Wildman–Crippen MR) is 144 cm³/mol. The van der Waals surface area contributed by atoms with Crippen LogP contribution in [0.25, 0.3) is 0 Å². The van der Waals surface area contributed by atoms with Gasteiger partial charge in [0.2, 0.25) is 11.8 Å². The minimum Gasteiger partial charge on any atom is -0.478 e. The van der Waals surface area contributed by atoms with E-state index < -0.39 is 34.4 Å². The zero-order valence-corrected chi connectivity index (χ0v) is 24.4. The summed E-state index contributed by atoms with van der Waals surface area (Å²) in [5.41, 5.74) is 3.91. The molecule has 208 valence electrons. The molecule has 4 N–H and O–H groups in total. The predicted octanol–water partition coefficient (Wildman–Crippen LogP) is 4.31. The summed E-state index contributed by atoms with van der Waals surface area (Å²) in [7, 11) is 1.63. The quantitative estimate of drug-likeness (QED) is 0.299. The molecule has 2 atom stereocenters. The van der Waals surface area contributed by atoms with Crippen LogP contribution in [0.2, 0.25) is 0 Å². The Balaban J connectivity index is 6.26. The highest BCUT2D eigenvalue weighted by Gasteiger charge is 2.45. The van der Waals surface area contributed by atoms with Gasteiger partial charge in [0, 0.05) is 19.0 Å². The first-order chi connectivity index (χ1) is 16.4. The molecule has 36 heavy (non-hydrogen) atoms. The summed E-state index contributed by atoms with van der Waals surface area (Å²) < 4.78 is 0. The van der Waals surface area contributed by atoms with E-state index in [1.165, 1.54) is 11.8 Å². The number of ketones is 1. The number of nitrogens with two attached hydrogens (primary N) is 1. The van der Waals surface area contributed by atoms with Gasteiger partial charge in [-0.25, -0.2) is 4.79 Å². The number of Topliss-reactive ketones (excluding diaryl/α,β-unsaturated/α-hetero) is 1. The van der Waals surface area contributed by atoms with Crippen molar-refractivity contribution in [2.45, 2.75) is 119 Å². The third-order valence-electron chi connectivity index (χ3n) is 7.78. The number of likely N-dealkylation sites (N-methyl/N-ethyl adjacent to an activating group) is 1. The topological polar surface area (TPSA) is 130 Å². The zero-order valence-electron chi connectivity index (χ0n) is 24.4. The first-order valence-corrected chi connectivity index (χ1v) is 13.2. The van der Waals surface area contributed by atoms with E-state index >= 15 is 0 Å². The molecule has 0 spiro atoms. The molecule has 0 aliphatic heterocycles. The molecule has 0 aliphatic carbocycles. The van der Waals surface area contributed by atoms with Crippen LogP contribution in [0.1, 0.15) is 101 Å². The first kappa shape index (κ1) is 33.8.